The van der Waals surface area contributed by atoms with E-state index in [-0.39, 0.29) is 16.1 Å². The first-order valence-electron chi connectivity index (χ1n) is 13.1. The highest BCUT2D eigenvalue weighted by molar-refractivity contribution is 6.34. The molecular weight excluding hydrogens is 547 g/mol. The minimum absolute atomic E-state index is 0.133. The molecule has 1 saturated heterocycles. The van der Waals surface area contributed by atoms with Crippen LogP contribution in [0.3, 0.4) is 0 Å². The molecule has 2 heterocycles. The number of halogens is 2. The highest BCUT2D eigenvalue weighted by Gasteiger charge is 2.15. The lowest BCUT2D eigenvalue weighted by atomic mass is 10.1. The summed E-state index contributed by atoms with van der Waals surface area (Å²) >= 11 is 6.24. The number of amides is 2. The molecule has 0 spiro atoms. The average molecular weight is 575 g/mol. The number of hydrogen-bond donors (Lipinski definition) is 3. The van der Waals surface area contributed by atoms with E-state index in [1.807, 2.05) is 24.3 Å². The Morgan fingerprint density at radius 2 is 1.59 bits per heavy atom. The van der Waals surface area contributed by atoms with Gasteiger partial charge in [-0.1, -0.05) is 17.7 Å². The molecule has 1 aliphatic rings. The summed E-state index contributed by atoms with van der Waals surface area (Å²) in [7, 11) is 0. The van der Waals surface area contributed by atoms with Gasteiger partial charge in [0.25, 0.3) is 11.8 Å². The maximum atomic E-state index is 13.5. The van der Waals surface area contributed by atoms with E-state index in [0.717, 1.165) is 37.1 Å². The molecule has 1 fully saturated rings. The molecule has 3 N–H and O–H groups in total. The van der Waals surface area contributed by atoms with E-state index >= 15 is 0 Å². The molecule has 2 amide bonds. The number of anilines is 4. The van der Waals surface area contributed by atoms with Gasteiger partial charge in [0.1, 0.15) is 18.2 Å². The third-order valence-corrected chi connectivity index (χ3v) is 6.78. The van der Waals surface area contributed by atoms with Crippen LogP contribution < -0.4 is 20.7 Å². The summed E-state index contributed by atoms with van der Waals surface area (Å²) in [6.07, 6.45) is 5.46. The van der Waals surface area contributed by atoms with Gasteiger partial charge in [0, 0.05) is 23.5 Å². The second-order valence-corrected chi connectivity index (χ2v) is 9.86. The number of ether oxygens (including phenoxy) is 1. The fraction of sp³-hybridized carbons (Fsp3) is 0.200. The van der Waals surface area contributed by atoms with Gasteiger partial charge < -0.3 is 20.7 Å². The molecule has 0 saturated carbocycles. The van der Waals surface area contributed by atoms with Crippen molar-refractivity contribution in [2.75, 3.05) is 42.2 Å². The van der Waals surface area contributed by atoms with E-state index in [9.17, 15) is 14.0 Å². The van der Waals surface area contributed by atoms with Crippen molar-refractivity contribution in [3.05, 3.63) is 101 Å². The molecular formula is C30H28ClFN6O3. The van der Waals surface area contributed by atoms with Gasteiger partial charge in [-0.25, -0.2) is 14.4 Å². The molecule has 0 atom stereocenters. The van der Waals surface area contributed by atoms with Crippen LogP contribution in [0.4, 0.5) is 27.4 Å². The monoisotopic (exact) mass is 574 g/mol. The normalized spacial score (nSPS) is 13.0. The summed E-state index contributed by atoms with van der Waals surface area (Å²) in [4.78, 5) is 36.3. The van der Waals surface area contributed by atoms with Crippen LogP contribution in [0.15, 0.2) is 79.1 Å². The van der Waals surface area contributed by atoms with Crippen molar-refractivity contribution in [3.8, 4) is 5.75 Å². The van der Waals surface area contributed by atoms with Gasteiger partial charge in [0.05, 0.1) is 28.7 Å². The molecule has 41 heavy (non-hydrogen) atoms. The number of rotatable bonds is 10. The Morgan fingerprint density at radius 1 is 0.878 bits per heavy atom. The molecule has 0 aliphatic carbocycles. The topological polar surface area (TPSA) is 108 Å². The molecule has 210 valence electrons. The molecule has 0 unspecified atom stereocenters. The molecule has 1 aliphatic heterocycles. The molecule has 0 radical (unpaired) electrons. The van der Waals surface area contributed by atoms with E-state index < -0.39 is 17.6 Å². The highest BCUT2D eigenvalue weighted by Crippen LogP contribution is 2.23. The quantitative estimate of drug-likeness (QED) is 0.213. The first-order chi connectivity index (χ1) is 19.9. The smallest absolute Gasteiger partial charge is 0.257 e. The molecule has 4 aromatic rings. The number of nitrogens with zero attached hydrogens (tertiary/aromatic N) is 3. The lowest BCUT2D eigenvalue weighted by Crippen LogP contribution is -2.25. The second kappa shape index (κ2) is 13.2. The van der Waals surface area contributed by atoms with Gasteiger partial charge in [0.2, 0.25) is 5.95 Å². The van der Waals surface area contributed by atoms with E-state index in [4.69, 9.17) is 16.3 Å². The third-order valence-electron chi connectivity index (χ3n) is 6.45. The zero-order valence-electron chi connectivity index (χ0n) is 22.1. The maximum Gasteiger partial charge on any atom is 0.257 e. The number of aromatic nitrogens is 2. The van der Waals surface area contributed by atoms with Gasteiger partial charge in [0.15, 0.2) is 0 Å². The van der Waals surface area contributed by atoms with Crippen LogP contribution >= 0.6 is 11.6 Å². The van der Waals surface area contributed by atoms with E-state index in [2.05, 4.69) is 30.8 Å². The lowest BCUT2D eigenvalue weighted by Gasteiger charge is -2.15. The van der Waals surface area contributed by atoms with Crippen LogP contribution in [-0.4, -0.2) is 52.9 Å². The van der Waals surface area contributed by atoms with Crippen molar-refractivity contribution >= 4 is 46.4 Å². The maximum absolute atomic E-state index is 13.5. The van der Waals surface area contributed by atoms with Crippen LogP contribution in [0.1, 0.15) is 33.6 Å². The Labute approximate surface area is 241 Å². The van der Waals surface area contributed by atoms with Crippen LogP contribution in [0.25, 0.3) is 0 Å². The van der Waals surface area contributed by atoms with Gasteiger partial charge in [-0.15, -0.1) is 0 Å². The SMILES string of the molecule is O=C(Nc1ccc(Cl)c(C(=O)Nc2cnc(Nc3ccc(OCCN4CCCC4)cc3)nc2)c1)c1cccc(F)c1. The average Bonchev–Trinajstić information content (AvgIpc) is 3.49. The van der Waals surface area contributed by atoms with E-state index in [1.165, 1.54) is 55.6 Å². The molecule has 0 bridgehead atoms. The number of nitrogens with one attached hydrogen (secondary N) is 3. The predicted molar refractivity (Wildman–Crippen MR) is 157 cm³/mol. The van der Waals surface area contributed by atoms with Gasteiger partial charge in [-0.05, 0) is 86.6 Å². The Kier molecular flexibility index (Phi) is 9.02. The van der Waals surface area contributed by atoms with E-state index in [1.54, 1.807) is 6.07 Å². The predicted octanol–water partition coefficient (Wildman–Crippen LogP) is 5.99. The number of hydrogen-bond acceptors (Lipinski definition) is 7. The fourth-order valence-corrected chi connectivity index (χ4v) is 4.53. The minimum Gasteiger partial charge on any atom is -0.492 e. The van der Waals surface area contributed by atoms with Crippen LogP contribution in [0.2, 0.25) is 5.02 Å². The summed E-state index contributed by atoms with van der Waals surface area (Å²) < 4.78 is 19.3. The van der Waals surface area contributed by atoms with Crippen molar-refractivity contribution < 1.29 is 18.7 Å². The van der Waals surface area contributed by atoms with Crippen molar-refractivity contribution in [2.24, 2.45) is 0 Å². The largest absolute Gasteiger partial charge is 0.492 e. The van der Waals surface area contributed by atoms with Crippen LogP contribution in [0.5, 0.6) is 5.75 Å². The van der Waals surface area contributed by atoms with Crippen LogP contribution in [-0.2, 0) is 0 Å². The fourth-order valence-electron chi connectivity index (χ4n) is 4.33. The van der Waals surface area contributed by atoms with Crippen molar-refractivity contribution in [3.63, 3.8) is 0 Å². The first kappa shape index (κ1) is 28.0. The summed E-state index contributed by atoms with van der Waals surface area (Å²) in [5.74, 6) is -0.407. The third kappa shape index (κ3) is 7.77. The van der Waals surface area contributed by atoms with Gasteiger partial charge in [-0.2, -0.15) is 0 Å². The molecule has 1 aromatic heterocycles. The van der Waals surface area contributed by atoms with Crippen molar-refractivity contribution in [1.29, 1.82) is 0 Å². The zero-order chi connectivity index (χ0) is 28.6. The first-order valence-corrected chi connectivity index (χ1v) is 13.5. The van der Waals surface area contributed by atoms with Gasteiger partial charge >= 0.3 is 0 Å². The van der Waals surface area contributed by atoms with E-state index in [0.29, 0.717) is 23.9 Å². The Balaban J connectivity index is 1.14. The molecule has 11 heteroatoms. The second-order valence-electron chi connectivity index (χ2n) is 9.46. The summed E-state index contributed by atoms with van der Waals surface area (Å²) in [5.41, 5.74) is 1.75. The standard InChI is InChI=1S/C30H28ClFN6O3/c31-27-11-8-23(35-28(39)20-4-3-5-21(32)16-20)17-26(27)29(40)36-24-18-33-30(34-19-24)37-22-6-9-25(10-7-22)41-15-14-38-12-1-2-13-38/h3-11,16-19H,1-2,12-15H2,(H,35,39)(H,36,40)(H,33,34,37). The summed E-state index contributed by atoms with van der Waals surface area (Å²) in [6, 6.07) is 17.3. The Morgan fingerprint density at radius 3 is 2.32 bits per heavy atom. The molecule has 9 nitrogen and oxygen atoms in total. The zero-order valence-corrected chi connectivity index (χ0v) is 22.8. The lowest BCUT2D eigenvalue weighted by molar-refractivity contribution is 0.101. The summed E-state index contributed by atoms with van der Waals surface area (Å²) in [5, 5.41) is 8.64. The number of likely N-dealkylation sites (tertiary alicyclic amines) is 1. The van der Waals surface area contributed by atoms with Gasteiger partial charge in [-0.3, -0.25) is 14.5 Å². The van der Waals surface area contributed by atoms with Crippen LogP contribution in [0, 0.1) is 5.82 Å². The Bertz CT molecular complexity index is 1510. The van der Waals surface area contributed by atoms with Crippen molar-refractivity contribution in [2.45, 2.75) is 12.8 Å². The number of benzene rings is 3. The van der Waals surface area contributed by atoms with Crippen molar-refractivity contribution in [1.82, 2.24) is 14.9 Å². The molecule has 3 aromatic carbocycles. The Hall–Kier alpha value is -4.54. The molecule has 5 rings (SSSR count). The number of carbonyl (C=O) groups excluding carboxylic acids is 2. The minimum atomic E-state index is -0.525. The highest BCUT2D eigenvalue weighted by atomic mass is 35.5. The summed E-state index contributed by atoms with van der Waals surface area (Å²) in [6.45, 7) is 3.88. The number of carbonyl (C=O) groups is 2.